The summed E-state index contributed by atoms with van der Waals surface area (Å²) in [6.07, 6.45) is 0. The summed E-state index contributed by atoms with van der Waals surface area (Å²) in [5.41, 5.74) is 0.381. The fourth-order valence-corrected chi connectivity index (χ4v) is 4.04. The van der Waals surface area contributed by atoms with Crippen molar-refractivity contribution in [1.29, 1.82) is 0 Å². The van der Waals surface area contributed by atoms with Crippen molar-refractivity contribution >= 4 is 5.96 Å². The van der Waals surface area contributed by atoms with E-state index in [2.05, 4.69) is 32.6 Å². The molecular formula is C22H25F2N3O2. The smallest absolute Gasteiger partial charge is 0.243 e. The maximum absolute atomic E-state index is 14.0. The van der Waals surface area contributed by atoms with E-state index in [1.165, 1.54) is 24.3 Å². The fraction of sp³-hybridized carbons (Fsp3) is 0.409. The molecule has 0 saturated heterocycles. The summed E-state index contributed by atoms with van der Waals surface area (Å²) in [6.45, 7) is 9.16. The second kappa shape index (κ2) is 6.69. The second-order valence-corrected chi connectivity index (χ2v) is 8.29. The van der Waals surface area contributed by atoms with Gasteiger partial charge < -0.3 is 9.64 Å². The predicted molar refractivity (Wildman–Crippen MR) is 106 cm³/mol. The zero-order valence-electron chi connectivity index (χ0n) is 17.3. The van der Waals surface area contributed by atoms with Crippen LogP contribution in [-0.2, 0) is 17.2 Å². The number of halogens is 2. The van der Waals surface area contributed by atoms with Gasteiger partial charge in [-0.3, -0.25) is 0 Å². The summed E-state index contributed by atoms with van der Waals surface area (Å²) in [5, 5.41) is 1.63. The average Bonchev–Trinajstić information content (AvgIpc) is 2.91. The highest BCUT2D eigenvalue weighted by Gasteiger charge is 2.50. The highest BCUT2D eigenvalue weighted by Crippen LogP contribution is 2.48. The van der Waals surface area contributed by atoms with Crippen LogP contribution >= 0.6 is 0 Å². The lowest BCUT2D eigenvalue weighted by Gasteiger charge is -2.37. The minimum Gasteiger partial charge on any atom is -0.488 e. The Morgan fingerprint density at radius 3 is 2.41 bits per heavy atom. The SMILES string of the molecule is CCN(C1=NC2(ON1C)c1ccc(F)cc1COc1cc(F)ccc12)C(C)(C)C. The third kappa shape index (κ3) is 3.13. The molecular weight excluding hydrogens is 376 g/mol. The van der Waals surface area contributed by atoms with Crippen LogP contribution in [0.25, 0.3) is 0 Å². The predicted octanol–water partition coefficient (Wildman–Crippen LogP) is 4.41. The Labute approximate surface area is 169 Å². The normalized spacial score (nSPS) is 20.7. The van der Waals surface area contributed by atoms with Crippen molar-refractivity contribution in [1.82, 2.24) is 9.96 Å². The van der Waals surface area contributed by atoms with Gasteiger partial charge in [-0.25, -0.2) is 23.7 Å². The number of guanidine groups is 1. The standard InChI is InChI=1S/C22H25F2N3O2/c1-6-27(21(2,3)4)20-25-22(29-26(20)5)17-9-7-15(23)11-14(17)13-28-19-12-16(24)8-10-18(19)22/h7-12H,6,13H2,1-5H3. The molecule has 0 aliphatic carbocycles. The molecule has 29 heavy (non-hydrogen) atoms. The number of nitrogens with zero attached hydrogens (tertiary/aromatic N) is 3. The molecule has 0 saturated carbocycles. The van der Waals surface area contributed by atoms with Crippen LogP contribution < -0.4 is 4.74 Å². The molecule has 154 valence electrons. The van der Waals surface area contributed by atoms with E-state index in [0.29, 0.717) is 28.4 Å². The highest BCUT2D eigenvalue weighted by molar-refractivity contribution is 5.82. The first-order valence-corrected chi connectivity index (χ1v) is 9.68. The average molecular weight is 401 g/mol. The molecule has 0 fully saturated rings. The zero-order chi connectivity index (χ0) is 21.0. The lowest BCUT2D eigenvalue weighted by Crippen LogP contribution is -2.49. The fourth-order valence-electron chi connectivity index (χ4n) is 4.04. The van der Waals surface area contributed by atoms with E-state index in [1.807, 2.05) is 0 Å². The molecule has 7 heteroatoms. The van der Waals surface area contributed by atoms with Gasteiger partial charge in [-0.2, -0.15) is 0 Å². The van der Waals surface area contributed by atoms with E-state index in [0.717, 1.165) is 6.54 Å². The second-order valence-electron chi connectivity index (χ2n) is 8.29. The number of ether oxygens (including phenoxy) is 1. The molecule has 0 bridgehead atoms. The molecule has 0 radical (unpaired) electrons. The first-order chi connectivity index (χ1) is 13.7. The maximum atomic E-state index is 14.0. The molecule has 4 rings (SSSR count). The van der Waals surface area contributed by atoms with Gasteiger partial charge in [0.25, 0.3) is 0 Å². The van der Waals surface area contributed by atoms with Gasteiger partial charge in [0.1, 0.15) is 24.0 Å². The number of benzene rings is 2. The summed E-state index contributed by atoms with van der Waals surface area (Å²) in [6, 6.07) is 8.76. The van der Waals surface area contributed by atoms with E-state index in [-0.39, 0.29) is 18.0 Å². The van der Waals surface area contributed by atoms with Crippen molar-refractivity contribution in [3.8, 4) is 5.75 Å². The number of fused-ring (bicyclic) bond motifs is 4. The molecule has 2 aromatic carbocycles. The van der Waals surface area contributed by atoms with Gasteiger partial charge in [0, 0.05) is 36.3 Å². The minimum absolute atomic E-state index is 0.0972. The van der Waals surface area contributed by atoms with Crippen molar-refractivity contribution in [3.63, 3.8) is 0 Å². The van der Waals surface area contributed by atoms with Gasteiger partial charge in [0.2, 0.25) is 11.7 Å². The summed E-state index contributed by atoms with van der Waals surface area (Å²) in [5.74, 6) is 0.183. The van der Waals surface area contributed by atoms with Crippen LogP contribution in [0, 0.1) is 11.6 Å². The molecule has 0 aromatic heterocycles. The van der Waals surface area contributed by atoms with Crippen molar-refractivity contribution in [3.05, 3.63) is 64.7 Å². The summed E-state index contributed by atoms with van der Waals surface area (Å²) in [4.78, 5) is 13.5. The Kier molecular flexibility index (Phi) is 4.53. The van der Waals surface area contributed by atoms with E-state index in [9.17, 15) is 8.78 Å². The molecule has 5 nitrogen and oxygen atoms in total. The lowest BCUT2D eigenvalue weighted by atomic mass is 9.91. The van der Waals surface area contributed by atoms with Crippen LogP contribution in [0.5, 0.6) is 5.75 Å². The van der Waals surface area contributed by atoms with E-state index in [1.54, 1.807) is 24.2 Å². The zero-order valence-corrected chi connectivity index (χ0v) is 17.3. The van der Waals surface area contributed by atoms with E-state index >= 15 is 0 Å². The molecule has 0 amide bonds. The van der Waals surface area contributed by atoms with Crippen molar-refractivity contribution in [2.24, 2.45) is 4.99 Å². The largest absolute Gasteiger partial charge is 0.488 e. The molecule has 2 aliphatic rings. The van der Waals surface area contributed by atoms with Crippen molar-refractivity contribution in [2.75, 3.05) is 13.6 Å². The van der Waals surface area contributed by atoms with Gasteiger partial charge in [-0.05, 0) is 52.0 Å². The number of hydrogen-bond donors (Lipinski definition) is 0. The molecule has 2 heterocycles. The third-order valence-electron chi connectivity index (χ3n) is 5.30. The molecule has 2 aliphatic heterocycles. The molecule has 0 N–H and O–H groups in total. The van der Waals surface area contributed by atoms with E-state index < -0.39 is 11.5 Å². The Balaban J connectivity index is 1.99. The van der Waals surface area contributed by atoms with Crippen LogP contribution in [-0.4, -0.2) is 35.1 Å². The first kappa shape index (κ1) is 19.6. The monoisotopic (exact) mass is 401 g/mol. The van der Waals surface area contributed by atoms with Gasteiger partial charge in [0.05, 0.1) is 5.56 Å². The summed E-state index contributed by atoms with van der Waals surface area (Å²) < 4.78 is 33.8. The highest BCUT2D eigenvalue weighted by atomic mass is 19.1. The first-order valence-electron chi connectivity index (χ1n) is 9.68. The van der Waals surface area contributed by atoms with Gasteiger partial charge >= 0.3 is 0 Å². The minimum atomic E-state index is -1.29. The quantitative estimate of drug-likeness (QED) is 0.709. The molecule has 2 aromatic rings. The van der Waals surface area contributed by atoms with Crippen LogP contribution in [0.15, 0.2) is 41.4 Å². The Morgan fingerprint density at radius 2 is 1.76 bits per heavy atom. The van der Waals surface area contributed by atoms with Crippen LogP contribution in [0.2, 0.25) is 0 Å². The maximum Gasteiger partial charge on any atom is 0.243 e. The summed E-state index contributed by atoms with van der Waals surface area (Å²) in [7, 11) is 1.79. The van der Waals surface area contributed by atoms with Crippen molar-refractivity contribution in [2.45, 2.75) is 45.6 Å². The number of hydroxylamine groups is 2. The van der Waals surface area contributed by atoms with Gasteiger partial charge in [0.15, 0.2) is 0 Å². The lowest BCUT2D eigenvalue weighted by molar-refractivity contribution is -0.156. The Bertz CT molecular complexity index is 931. The van der Waals surface area contributed by atoms with Gasteiger partial charge in [-0.1, -0.05) is 6.07 Å². The van der Waals surface area contributed by atoms with Crippen molar-refractivity contribution < 1.29 is 18.4 Å². The van der Waals surface area contributed by atoms with Crippen LogP contribution in [0.4, 0.5) is 8.78 Å². The number of hydrogen-bond acceptors (Lipinski definition) is 5. The number of rotatable bonds is 1. The Morgan fingerprint density at radius 1 is 1.10 bits per heavy atom. The topological polar surface area (TPSA) is 37.3 Å². The van der Waals surface area contributed by atoms with E-state index in [4.69, 9.17) is 14.6 Å². The van der Waals surface area contributed by atoms with Crippen LogP contribution in [0.1, 0.15) is 44.4 Å². The molecule has 1 spiro atoms. The van der Waals surface area contributed by atoms with Gasteiger partial charge in [-0.15, -0.1) is 0 Å². The molecule has 1 atom stereocenters. The Hall–Kier alpha value is -2.67. The summed E-state index contributed by atoms with van der Waals surface area (Å²) >= 11 is 0. The third-order valence-corrected chi connectivity index (χ3v) is 5.30. The van der Waals surface area contributed by atoms with Crippen LogP contribution in [0.3, 0.4) is 0 Å². The number of aliphatic imine (C=N–C) groups is 1. The molecule has 1 unspecified atom stereocenters.